The zero-order valence-corrected chi connectivity index (χ0v) is 15.2. The number of rotatable bonds is 4. The predicted molar refractivity (Wildman–Crippen MR) is 102 cm³/mol. The number of methoxy groups -OCH3 is 2. The van der Waals surface area contributed by atoms with Gasteiger partial charge in [0.05, 0.1) is 33.1 Å². The third-order valence-electron chi connectivity index (χ3n) is 4.47. The van der Waals surface area contributed by atoms with Gasteiger partial charge in [-0.05, 0) is 12.1 Å². The van der Waals surface area contributed by atoms with E-state index in [0.717, 1.165) is 5.69 Å². The lowest BCUT2D eigenvalue weighted by Crippen LogP contribution is -2.37. The summed E-state index contributed by atoms with van der Waals surface area (Å²) in [5.41, 5.74) is 14.1. The summed E-state index contributed by atoms with van der Waals surface area (Å²) < 4.78 is 17.8. The number of hydrogen-bond acceptors (Lipinski definition) is 9. The summed E-state index contributed by atoms with van der Waals surface area (Å²) in [6.07, 6.45) is 0. The molecular formula is C17H21N7O3. The Kier molecular flexibility index (Phi) is 4.32. The van der Waals surface area contributed by atoms with Gasteiger partial charge in [-0.25, -0.2) is 4.98 Å². The fraction of sp³-hybridized carbons (Fsp3) is 0.353. The van der Waals surface area contributed by atoms with Crippen LogP contribution in [0.1, 0.15) is 0 Å². The van der Waals surface area contributed by atoms with Crippen molar-refractivity contribution >= 4 is 28.9 Å². The summed E-state index contributed by atoms with van der Waals surface area (Å²) in [6.45, 7) is 2.65. The molecule has 2 aromatic heterocycles. The van der Waals surface area contributed by atoms with E-state index in [0.29, 0.717) is 54.8 Å². The second-order valence-corrected chi connectivity index (χ2v) is 6.02. The average Bonchev–Trinajstić information content (AvgIpc) is 3.03. The minimum absolute atomic E-state index is 0.158. The van der Waals surface area contributed by atoms with Crippen LogP contribution in [0.25, 0.3) is 16.9 Å². The van der Waals surface area contributed by atoms with Crippen molar-refractivity contribution in [2.75, 3.05) is 56.9 Å². The van der Waals surface area contributed by atoms with Crippen molar-refractivity contribution < 1.29 is 14.2 Å². The predicted octanol–water partition coefficient (Wildman–Crippen LogP) is 0.834. The van der Waals surface area contributed by atoms with E-state index in [4.69, 9.17) is 25.7 Å². The summed E-state index contributed by atoms with van der Waals surface area (Å²) in [4.78, 5) is 15.4. The lowest BCUT2D eigenvalue weighted by molar-refractivity contribution is 0.122. The van der Waals surface area contributed by atoms with E-state index in [-0.39, 0.29) is 11.9 Å². The number of anilines is 3. The van der Waals surface area contributed by atoms with Crippen LogP contribution in [0.3, 0.4) is 0 Å². The number of imidazole rings is 1. The van der Waals surface area contributed by atoms with Crippen molar-refractivity contribution in [3.63, 3.8) is 0 Å². The van der Waals surface area contributed by atoms with Crippen LogP contribution >= 0.6 is 0 Å². The molecule has 4 rings (SSSR count). The highest BCUT2D eigenvalue weighted by atomic mass is 16.5. The third-order valence-corrected chi connectivity index (χ3v) is 4.47. The second kappa shape index (κ2) is 6.80. The van der Waals surface area contributed by atoms with Gasteiger partial charge in [-0.1, -0.05) is 0 Å². The molecule has 1 saturated heterocycles. The summed E-state index contributed by atoms with van der Waals surface area (Å²) in [7, 11) is 3.16. The maximum absolute atomic E-state index is 6.22. The zero-order chi connectivity index (χ0) is 19.0. The molecular weight excluding hydrogens is 350 g/mol. The molecule has 0 unspecified atom stereocenters. The van der Waals surface area contributed by atoms with E-state index in [1.54, 1.807) is 24.9 Å². The molecule has 1 aliphatic rings. The lowest BCUT2D eigenvalue weighted by Gasteiger charge is -2.27. The molecule has 0 radical (unpaired) electrons. The van der Waals surface area contributed by atoms with Gasteiger partial charge in [0.1, 0.15) is 0 Å². The van der Waals surface area contributed by atoms with Crippen LogP contribution in [0.2, 0.25) is 0 Å². The lowest BCUT2D eigenvalue weighted by atomic mass is 10.2. The van der Waals surface area contributed by atoms with Crippen LogP contribution in [0, 0.1) is 0 Å². The molecule has 3 heterocycles. The van der Waals surface area contributed by atoms with Crippen LogP contribution in [-0.2, 0) is 4.74 Å². The highest BCUT2D eigenvalue weighted by molar-refractivity contribution is 5.88. The number of nitrogens with zero attached hydrogens (tertiary/aromatic N) is 5. The van der Waals surface area contributed by atoms with Crippen LogP contribution in [0.15, 0.2) is 18.2 Å². The van der Waals surface area contributed by atoms with E-state index in [1.807, 2.05) is 12.1 Å². The monoisotopic (exact) mass is 371 g/mol. The normalized spacial score (nSPS) is 14.5. The highest BCUT2D eigenvalue weighted by Crippen LogP contribution is 2.33. The Morgan fingerprint density at radius 1 is 1.00 bits per heavy atom. The molecule has 0 saturated carbocycles. The molecule has 1 aliphatic heterocycles. The molecule has 27 heavy (non-hydrogen) atoms. The van der Waals surface area contributed by atoms with Crippen molar-refractivity contribution in [1.82, 2.24) is 19.5 Å². The van der Waals surface area contributed by atoms with Crippen molar-refractivity contribution in [3.8, 4) is 17.2 Å². The first kappa shape index (κ1) is 17.2. The molecule has 3 aromatic rings. The van der Waals surface area contributed by atoms with Gasteiger partial charge in [0.15, 0.2) is 28.5 Å². The maximum Gasteiger partial charge on any atom is 0.224 e. The van der Waals surface area contributed by atoms with Crippen molar-refractivity contribution in [2.45, 2.75) is 0 Å². The SMILES string of the molecule is COc1ccc(-n2c(N)nc3c(N4CCOCC4)nc(N)nc32)cc1OC. The van der Waals surface area contributed by atoms with Gasteiger partial charge in [0.2, 0.25) is 11.9 Å². The van der Waals surface area contributed by atoms with Gasteiger partial charge in [0, 0.05) is 19.2 Å². The molecule has 10 nitrogen and oxygen atoms in total. The Balaban J connectivity index is 1.89. The molecule has 0 bridgehead atoms. The Hall–Kier alpha value is -3.27. The van der Waals surface area contributed by atoms with E-state index in [1.165, 1.54) is 0 Å². The number of aromatic nitrogens is 4. The van der Waals surface area contributed by atoms with E-state index in [2.05, 4.69) is 19.9 Å². The fourth-order valence-electron chi connectivity index (χ4n) is 3.19. The zero-order valence-electron chi connectivity index (χ0n) is 15.2. The number of nitrogens with two attached hydrogens (primary N) is 2. The van der Waals surface area contributed by atoms with Gasteiger partial charge in [-0.2, -0.15) is 9.97 Å². The topological polar surface area (TPSA) is 127 Å². The molecule has 1 fully saturated rings. The first-order chi connectivity index (χ1) is 13.1. The first-order valence-corrected chi connectivity index (χ1v) is 8.49. The van der Waals surface area contributed by atoms with E-state index >= 15 is 0 Å². The minimum Gasteiger partial charge on any atom is -0.493 e. The molecule has 4 N–H and O–H groups in total. The number of benzene rings is 1. The average molecular weight is 371 g/mol. The molecule has 1 aromatic carbocycles. The third kappa shape index (κ3) is 2.93. The largest absolute Gasteiger partial charge is 0.493 e. The number of nitrogen functional groups attached to an aromatic ring is 2. The Morgan fingerprint density at radius 2 is 1.74 bits per heavy atom. The summed E-state index contributed by atoms with van der Waals surface area (Å²) in [5.74, 6) is 2.29. The molecule has 0 amide bonds. The van der Waals surface area contributed by atoms with Crippen molar-refractivity contribution in [3.05, 3.63) is 18.2 Å². The van der Waals surface area contributed by atoms with Crippen LogP contribution in [-0.4, -0.2) is 60.0 Å². The van der Waals surface area contributed by atoms with Gasteiger partial charge < -0.3 is 30.6 Å². The fourth-order valence-corrected chi connectivity index (χ4v) is 3.19. The minimum atomic E-state index is 0.158. The Labute approximate surface area is 155 Å². The molecule has 0 atom stereocenters. The van der Waals surface area contributed by atoms with Gasteiger partial charge in [0.25, 0.3) is 0 Å². The summed E-state index contributed by atoms with van der Waals surface area (Å²) in [6, 6.07) is 5.46. The van der Waals surface area contributed by atoms with Crippen LogP contribution in [0.5, 0.6) is 11.5 Å². The number of morpholine rings is 1. The standard InChI is InChI=1S/C17H21N7O3/c1-25-11-4-3-10(9-12(11)26-2)24-15-13(20-17(24)19)14(21-16(18)22-15)23-5-7-27-8-6-23/h3-4,9H,5-8H2,1-2H3,(H2,19,20)(H2,18,21,22). The number of fused-ring (bicyclic) bond motifs is 1. The molecule has 10 heteroatoms. The number of ether oxygens (including phenoxy) is 3. The smallest absolute Gasteiger partial charge is 0.224 e. The second-order valence-electron chi connectivity index (χ2n) is 6.02. The van der Waals surface area contributed by atoms with Gasteiger partial charge in [-0.15, -0.1) is 0 Å². The van der Waals surface area contributed by atoms with Crippen molar-refractivity contribution in [2.24, 2.45) is 0 Å². The van der Waals surface area contributed by atoms with Gasteiger partial charge >= 0.3 is 0 Å². The summed E-state index contributed by atoms with van der Waals surface area (Å²) >= 11 is 0. The first-order valence-electron chi connectivity index (χ1n) is 8.49. The quantitative estimate of drug-likeness (QED) is 0.685. The molecule has 142 valence electrons. The molecule has 0 spiro atoms. The van der Waals surface area contributed by atoms with Gasteiger partial charge in [-0.3, -0.25) is 4.57 Å². The number of hydrogen-bond donors (Lipinski definition) is 2. The Bertz CT molecular complexity index is 982. The summed E-state index contributed by atoms with van der Waals surface area (Å²) in [5, 5.41) is 0. The maximum atomic E-state index is 6.22. The van der Waals surface area contributed by atoms with Crippen LogP contribution in [0.4, 0.5) is 17.7 Å². The molecule has 0 aliphatic carbocycles. The van der Waals surface area contributed by atoms with Crippen LogP contribution < -0.4 is 25.8 Å². The van der Waals surface area contributed by atoms with E-state index < -0.39 is 0 Å². The van der Waals surface area contributed by atoms with Crippen molar-refractivity contribution in [1.29, 1.82) is 0 Å². The van der Waals surface area contributed by atoms with E-state index in [9.17, 15) is 0 Å². The highest BCUT2D eigenvalue weighted by Gasteiger charge is 2.22. The Morgan fingerprint density at radius 3 is 2.44 bits per heavy atom.